The normalized spacial score (nSPS) is 20.7. The first-order chi connectivity index (χ1) is 15.9. The van der Waals surface area contributed by atoms with E-state index in [4.69, 9.17) is 5.73 Å². The molecule has 1 saturated carbocycles. The van der Waals surface area contributed by atoms with Gasteiger partial charge in [-0.2, -0.15) is 0 Å². The molecule has 3 atom stereocenters. The molecule has 4 nitrogen and oxygen atoms in total. The summed E-state index contributed by atoms with van der Waals surface area (Å²) in [5.41, 5.74) is 9.93. The van der Waals surface area contributed by atoms with Crippen LogP contribution < -0.4 is 10.6 Å². The molecule has 0 spiro atoms. The van der Waals surface area contributed by atoms with E-state index >= 15 is 0 Å². The van der Waals surface area contributed by atoms with E-state index in [9.17, 15) is 9.18 Å². The molecular formula is C28H34FN3O. The number of halogens is 1. The van der Waals surface area contributed by atoms with Crippen molar-refractivity contribution in [3.63, 3.8) is 0 Å². The Morgan fingerprint density at radius 2 is 1.97 bits per heavy atom. The maximum absolute atomic E-state index is 14.7. The number of aromatic nitrogens is 1. The molecule has 0 bridgehead atoms. The lowest BCUT2D eigenvalue weighted by molar-refractivity contribution is 0.0994. The second-order valence-electron chi connectivity index (χ2n) is 9.69. The van der Waals surface area contributed by atoms with Crippen molar-refractivity contribution in [1.82, 2.24) is 4.98 Å². The van der Waals surface area contributed by atoms with Crippen molar-refractivity contribution in [1.29, 1.82) is 0 Å². The minimum absolute atomic E-state index is 0.0166. The Kier molecular flexibility index (Phi) is 7.08. The molecule has 2 aromatic carbocycles. The highest BCUT2D eigenvalue weighted by molar-refractivity contribution is 6.09. The van der Waals surface area contributed by atoms with Crippen LogP contribution in [-0.2, 0) is 6.42 Å². The van der Waals surface area contributed by atoms with Gasteiger partial charge in [0.15, 0.2) is 5.78 Å². The van der Waals surface area contributed by atoms with Crippen LogP contribution in [0, 0.1) is 11.7 Å². The molecule has 2 N–H and O–H groups in total. The van der Waals surface area contributed by atoms with Crippen LogP contribution in [0.4, 0.5) is 10.1 Å². The number of carbonyl (C=O) groups is 1. The number of carbonyl (C=O) groups excluding carboxylic acids is 1. The number of nitrogens with zero attached hydrogens (tertiary/aromatic N) is 2. The topological polar surface area (TPSA) is 59.2 Å². The second kappa shape index (κ2) is 10.0. The first-order valence-corrected chi connectivity index (χ1v) is 12.0. The number of rotatable bonds is 7. The molecule has 1 aliphatic rings. The molecule has 3 aromatic rings. The Bertz CT molecular complexity index is 1140. The van der Waals surface area contributed by atoms with Gasteiger partial charge < -0.3 is 10.6 Å². The highest BCUT2D eigenvalue weighted by Crippen LogP contribution is 2.37. The third-order valence-corrected chi connectivity index (χ3v) is 6.96. The summed E-state index contributed by atoms with van der Waals surface area (Å²) in [5, 5.41) is 1.15. The Balaban J connectivity index is 1.65. The van der Waals surface area contributed by atoms with E-state index in [0.717, 1.165) is 43.5 Å². The van der Waals surface area contributed by atoms with Gasteiger partial charge in [0.05, 0.1) is 0 Å². The van der Waals surface area contributed by atoms with Gasteiger partial charge in [-0.3, -0.25) is 9.78 Å². The van der Waals surface area contributed by atoms with Gasteiger partial charge in [0.1, 0.15) is 5.82 Å². The maximum Gasteiger partial charge on any atom is 0.167 e. The highest BCUT2D eigenvalue weighted by Gasteiger charge is 2.27. The van der Waals surface area contributed by atoms with E-state index in [0.29, 0.717) is 28.2 Å². The number of hydrogen-bond acceptors (Lipinski definition) is 4. The molecule has 0 aliphatic heterocycles. The van der Waals surface area contributed by atoms with Crippen molar-refractivity contribution in [3.8, 4) is 0 Å². The average Bonchev–Trinajstić information content (AvgIpc) is 2.79. The van der Waals surface area contributed by atoms with Gasteiger partial charge in [-0.25, -0.2) is 4.39 Å². The van der Waals surface area contributed by atoms with Gasteiger partial charge in [-0.05, 0) is 84.4 Å². The van der Waals surface area contributed by atoms with Crippen LogP contribution in [0.2, 0.25) is 0 Å². The lowest BCUT2D eigenvalue weighted by atomic mass is 9.75. The number of fused-ring (bicyclic) bond motifs is 1. The molecule has 5 heteroatoms. The summed E-state index contributed by atoms with van der Waals surface area (Å²) < 4.78 is 14.7. The van der Waals surface area contributed by atoms with Crippen LogP contribution in [0.25, 0.3) is 10.8 Å². The zero-order valence-corrected chi connectivity index (χ0v) is 19.9. The molecule has 174 valence electrons. The molecule has 0 unspecified atom stereocenters. The molecule has 1 heterocycles. The third kappa shape index (κ3) is 5.09. The SMILES string of the molecule is CCCN(C)c1ccc2c(C(=O)Cc3cnccc3[C@@H]3C[C@H](C)C[C@H](N)C3)ccc(F)c2c1. The van der Waals surface area contributed by atoms with Gasteiger partial charge in [0, 0.05) is 55.1 Å². The van der Waals surface area contributed by atoms with Crippen molar-refractivity contribution in [2.75, 3.05) is 18.5 Å². The minimum Gasteiger partial charge on any atom is -0.375 e. The van der Waals surface area contributed by atoms with Crippen LogP contribution in [0.1, 0.15) is 66.9 Å². The Morgan fingerprint density at radius 3 is 2.73 bits per heavy atom. The summed E-state index contributed by atoms with van der Waals surface area (Å²) in [5.74, 6) is 0.588. The molecule has 1 fully saturated rings. The zero-order chi connectivity index (χ0) is 23.5. The number of ketones is 1. The van der Waals surface area contributed by atoms with Gasteiger partial charge in [0.2, 0.25) is 0 Å². The minimum atomic E-state index is -0.305. The summed E-state index contributed by atoms with van der Waals surface area (Å²) in [6, 6.07) is 10.9. The molecule has 33 heavy (non-hydrogen) atoms. The fourth-order valence-corrected chi connectivity index (χ4v) is 5.41. The van der Waals surface area contributed by atoms with E-state index in [1.807, 2.05) is 37.5 Å². The highest BCUT2D eigenvalue weighted by atomic mass is 19.1. The summed E-state index contributed by atoms with van der Waals surface area (Å²) in [6.45, 7) is 5.25. The largest absolute Gasteiger partial charge is 0.375 e. The standard InChI is InChI=1S/C28H34FN3O/c1-4-11-32(3)22-5-6-24-25(7-8-27(29)26(24)16-22)28(33)15-20-17-31-10-9-23(20)19-12-18(2)13-21(30)14-19/h5-10,16-19,21H,4,11-15,30H2,1-3H3/t18-,19+,21-/m0/s1. The molecule has 1 aliphatic carbocycles. The smallest absolute Gasteiger partial charge is 0.167 e. The van der Waals surface area contributed by atoms with Crippen LogP contribution in [-0.4, -0.2) is 30.4 Å². The van der Waals surface area contributed by atoms with Crippen molar-refractivity contribution >= 4 is 22.2 Å². The summed E-state index contributed by atoms with van der Waals surface area (Å²) in [7, 11) is 2.00. The van der Waals surface area contributed by atoms with Gasteiger partial charge in [0.25, 0.3) is 0 Å². The van der Waals surface area contributed by atoms with Gasteiger partial charge in [-0.1, -0.05) is 19.9 Å². The summed E-state index contributed by atoms with van der Waals surface area (Å²) >= 11 is 0. The van der Waals surface area contributed by atoms with Gasteiger partial charge in [-0.15, -0.1) is 0 Å². The van der Waals surface area contributed by atoms with Gasteiger partial charge >= 0.3 is 0 Å². The van der Waals surface area contributed by atoms with E-state index < -0.39 is 0 Å². The average molecular weight is 448 g/mol. The molecule has 0 amide bonds. The lowest BCUT2D eigenvalue weighted by Crippen LogP contribution is -2.31. The van der Waals surface area contributed by atoms with Crippen molar-refractivity contribution in [2.45, 2.75) is 57.9 Å². The van der Waals surface area contributed by atoms with Crippen LogP contribution >= 0.6 is 0 Å². The number of pyridine rings is 1. The second-order valence-corrected chi connectivity index (χ2v) is 9.69. The summed E-state index contributed by atoms with van der Waals surface area (Å²) in [4.78, 5) is 19.8. The predicted molar refractivity (Wildman–Crippen MR) is 133 cm³/mol. The predicted octanol–water partition coefficient (Wildman–Crippen LogP) is 5.88. The van der Waals surface area contributed by atoms with Crippen LogP contribution in [0.3, 0.4) is 0 Å². The van der Waals surface area contributed by atoms with E-state index in [1.54, 1.807) is 12.3 Å². The van der Waals surface area contributed by atoms with E-state index in [1.165, 1.54) is 11.6 Å². The van der Waals surface area contributed by atoms with Crippen molar-refractivity contribution < 1.29 is 9.18 Å². The molecular weight excluding hydrogens is 413 g/mol. The first kappa shape index (κ1) is 23.4. The fraction of sp³-hybridized carbons (Fsp3) is 0.429. The Labute approximate surface area is 196 Å². The monoisotopic (exact) mass is 447 g/mol. The quantitative estimate of drug-likeness (QED) is 0.460. The lowest BCUT2D eigenvalue weighted by Gasteiger charge is -2.32. The number of benzene rings is 2. The van der Waals surface area contributed by atoms with Crippen LogP contribution in [0.15, 0.2) is 48.8 Å². The van der Waals surface area contributed by atoms with E-state index in [2.05, 4.69) is 23.7 Å². The zero-order valence-electron chi connectivity index (χ0n) is 19.9. The first-order valence-electron chi connectivity index (χ1n) is 12.0. The van der Waals surface area contributed by atoms with Crippen LogP contribution in [0.5, 0.6) is 0 Å². The molecule has 0 radical (unpaired) electrons. The number of Topliss-reactive ketones (excluding diaryl/α,β-unsaturated/α-hetero) is 1. The number of nitrogens with two attached hydrogens (primary N) is 1. The summed E-state index contributed by atoms with van der Waals surface area (Å²) in [6.07, 6.45) is 7.93. The van der Waals surface area contributed by atoms with Crippen molar-refractivity contribution in [3.05, 3.63) is 71.3 Å². The fourth-order valence-electron chi connectivity index (χ4n) is 5.41. The maximum atomic E-state index is 14.7. The third-order valence-electron chi connectivity index (χ3n) is 6.96. The Morgan fingerprint density at radius 1 is 1.15 bits per heavy atom. The molecule has 4 rings (SSSR count). The van der Waals surface area contributed by atoms with E-state index in [-0.39, 0.29) is 24.1 Å². The number of anilines is 1. The Hall–Kier alpha value is -2.79. The molecule has 1 aromatic heterocycles. The van der Waals surface area contributed by atoms with Crippen molar-refractivity contribution in [2.24, 2.45) is 11.7 Å². The molecule has 0 saturated heterocycles. The number of hydrogen-bond donors (Lipinski definition) is 1.